The highest BCUT2D eigenvalue weighted by Gasteiger charge is 2.22. The fourth-order valence-corrected chi connectivity index (χ4v) is 3.86. The van der Waals surface area contributed by atoms with Crippen molar-refractivity contribution in [2.45, 2.75) is 13.8 Å². The van der Waals surface area contributed by atoms with Crippen LogP contribution >= 0.6 is 0 Å². The van der Waals surface area contributed by atoms with Crippen LogP contribution in [-0.4, -0.2) is 4.98 Å². The first-order chi connectivity index (χ1) is 11.7. The van der Waals surface area contributed by atoms with E-state index in [4.69, 9.17) is 4.98 Å². The fourth-order valence-electron chi connectivity index (χ4n) is 3.86. The van der Waals surface area contributed by atoms with Gasteiger partial charge in [-0.25, -0.2) is 0 Å². The molecule has 0 bridgehead atoms. The molecule has 0 N–H and O–H groups in total. The minimum atomic E-state index is 1.09. The van der Waals surface area contributed by atoms with Crippen molar-refractivity contribution in [2.75, 3.05) is 0 Å². The van der Waals surface area contributed by atoms with Crippen molar-refractivity contribution < 1.29 is 0 Å². The molecule has 1 aliphatic carbocycles. The average Bonchev–Trinajstić information content (AvgIpc) is 2.71. The average molecular weight is 307 g/mol. The Labute approximate surface area is 141 Å². The molecule has 0 atom stereocenters. The Bertz CT molecular complexity index is 1040. The van der Waals surface area contributed by atoms with Crippen molar-refractivity contribution in [3.8, 4) is 33.5 Å². The Morgan fingerprint density at radius 3 is 2.12 bits per heavy atom. The standard InChI is InChI=1S/C23H17N/c1-14-6-8-17-18-5-3-4-16-10-11-24-23(22(16)18)19-9-7-15(2)13-21(19)20(17)12-14/h3-13H,1-2H3. The molecule has 0 amide bonds. The quantitative estimate of drug-likeness (QED) is 0.333. The van der Waals surface area contributed by atoms with Crippen LogP contribution in [0.1, 0.15) is 11.1 Å². The van der Waals surface area contributed by atoms with Gasteiger partial charge in [-0.3, -0.25) is 4.98 Å². The van der Waals surface area contributed by atoms with E-state index in [1.165, 1.54) is 49.7 Å². The zero-order valence-corrected chi connectivity index (χ0v) is 13.8. The summed E-state index contributed by atoms with van der Waals surface area (Å²) in [4.78, 5) is 4.77. The van der Waals surface area contributed by atoms with Gasteiger partial charge in [-0.15, -0.1) is 0 Å². The molecule has 1 aliphatic rings. The summed E-state index contributed by atoms with van der Waals surface area (Å²) < 4.78 is 0. The van der Waals surface area contributed by atoms with Gasteiger partial charge in [-0.1, -0.05) is 65.7 Å². The lowest BCUT2D eigenvalue weighted by molar-refractivity contribution is 1.35. The molecule has 1 aromatic heterocycles. The largest absolute Gasteiger partial charge is 0.256 e. The van der Waals surface area contributed by atoms with E-state index >= 15 is 0 Å². The number of pyridine rings is 1. The first-order valence-corrected chi connectivity index (χ1v) is 8.32. The van der Waals surface area contributed by atoms with Gasteiger partial charge in [0, 0.05) is 17.1 Å². The molecule has 1 nitrogen and oxygen atoms in total. The zero-order valence-electron chi connectivity index (χ0n) is 13.8. The van der Waals surface area contributed by atoms with Crippen LogP contribution in [0.4, 0.5) is 0 Å². The molecule has 1 heteroatoms. The summed E-state index contributed by atoms with van der Waals surface area (Å²) in [6, 6.07) is 22.1. The molecule has 1 heterocycles. The number of benzene rings is 3. The van der Waals surface area contributed by atoms with E-state index in [1.807, 2.05) is 6.20 Å². The van der Waals surface area contributed by atoms with E-state index in [0.29, 0.717) is 0 Å². The van der Waals surface area contributed by atoms with Crippen LogP contribution in [0.5, 0.6) is 0 Å². The topological polar surface area (TPSA) is 12.9 Å². The van der Waals surface area contributed by atoms with E-state index in [2.05, 4.69) is 74.5 Å². The highest BCUT2D eigenvalue weighted by Crippen LogP contribution is 2.46. The maximum absolute atomic E-state index is 4.77. The summed E-state index contributed by atoms with van der Waals surface area (Å²) in [7, 11) is 0. The monoisotopic (exact) mass is 307 g/mol. The van der Waals surface area contributed by atoms with Crippen LogP contribution in [-0.2, 0) is 0 Å². The summed E-state index contributed by atoms with van der Waals surface area (Å²) in [6.45, 7) is 4.31. The number of hydrogen-bond acceptors (Lipinski definition) is 1. The molecule has 0 radical (unpaired) electrons. The maximum Gasteiger partial charge on any atom is 0.0792 e. The van der Waals surface area contributed by atoms with Crippen molar-refractivity contribution in [2.24, 2.45) is 0 Å². The van der Waals surface area contributed by atoms with Gasteiger partial charge in [0.2, 0.25) is 0 Å². The number of nitrogens with zero attached hydrogens (tertiary/aromatic N) is 1. The third-order valence-electron chi connectivity index (χ3n) is 4.98. The lowest BCUT2D eigenvalue weighted by Crippen LogP contribution is -1.89. The van der Waals surface area contributed by atoms with Gasteiger partial charge >= 0.3 is 0 Å². The summed E-state index contributed by atoms with van der Waals surface area (Å²) in [5.74, 6) is 0. The zero-order chi connectivity index (χ0) is 16.3. The van der Waals surface area contributed by atoms with Gasteiger partial charge in [-0.2, -0.15) is 0 Å². The van der Waals surface area contributed by atoms with Gasteiger partial charge in [0.15, 0.2) is 0 Å². The van der Waals surface area contributed by atoms with E-state index in [1.54, 1.807) is 0 Å². The van der Waals surface area contributed by atoms with Crippen molar-refractivity contribution in [3.05, 3.63) is 78.0 Å². The summed E-state index contributed by atoms with van der Waals surface area (Å²) in [6.07, 6.45) is 1.92. The van der Waals surface area contributed by atoms with Gasteiger partial charge in [0.1, 0.15) is 0 Å². The van der Waals surface area contributed by atoms with Crippen LogP contribution < -0.4 is 0 Å². The molecule has 0 saturated heterocycles. The summed E-state index contributed by atoms with van der Waals surface area (Å²) in [5, 5.41) is 2.50. The minimum Gasteiger partial charge on any atom is -0.256 e. The van der Waals surface area contributed by atoms with Gasteiger partial charge < -0.3 is 0 Å². The number of fused-ring (bicyclic) bond motifs is 5. The highest BCUT2D eigenvalue weighted by atomic mass is 14.7. The van der Waals surface area contributed by atoms with E-state index in [9.17, 15) is 0 Å². The van der Waals surface area contributed by atoms with Crippen LogP contribution in [0.2, 0.25) is 0 Å². The predicted octanol–water partition coefficient (Wildman–Crippen LogP) is 6.17. The molecule has 0 fully saturated rings. The van der Waals surface area contributed by atoms with E-state index in [0.717, 1.165) is 5.69 Å². The number of hydrogen-bond donors (Lipinski definition) is 0. The fraction of sp³-hybridized carbons (Fsp3) is 0.0870. The lowest BCUT2D eigenvalue weighted by atomic mass is 9.92. The Morgan fingerprint density at radius 2 is 1.33 bits per heavy atom. The van der Waals surface area contributed by atoms with Crippen LogP contribution in [0.3, 0.4) is 0 Å². The molecule has 24 heavy (non-hydrogen) atoms. The normalized spacial score (nSPS) is 11.8. The van der Waals surface area contributed by atoms with Crippen LogP contribution in [0.25, 0.3) is 44.3 Å². The number of aryl methyl sites for hydroxylation is 2. The van der Waals surface area contributed by atoms with E-state index in [-0.39, 0.29) is 0 Å². The number of rotatable bonds is 0. The Kier molecular flexibility index (Phi) is 2.69. The molecule has 0 unspecified atom stereocenters. The number of aromatic nitrogens is 1. The first kappa shape index (κ1) is 13.5. The summed E-state index contributed by atoms with van der Waals surface area (Å²) in [5.41, 5.74) is 10.0. The molecule has 3 aromatic carbocycles. The Balaban J connectivity index is 2.07. The van der Waals surface area contributed by atoms with Gasteiger partial charge in [0.05, 0.1) is 5.69 Å². The van der Waals surface area contributed by atoms with E-state index < -0.39 is 0 Å². The van der Waals surface area contributed by atoms with Crippen LogP contribution in [0, 0.1) is 13.8 Å². The maximum atomic E-state index is 4.77. The Hall–Kier alpha value is -2.93. The summed E-state index contributed by atoms with van der Waals surface area (Å²) >= 11 is 0. The Morgan fingerprint density at radius 1 is 0.625 bits per heavy atom. The smallest absolute Gasteiger partial charge is 0.0792 e. The van der Waals surface area contributed by atoms with Gasteiger partial charge in [0.25, 0.3) is 0 Å². The minimum absolute atomic E-state index is 1.09. The molecule has 0 saturated carbocycles. The molecule has 114 valence electrons. The third-order valence-corrected chi connectivity index (χ3v) is 4.98. The first-order valence-electron chi connectivity index (χ1n) is 8.32. The second-order valence-electron chi connectivity index (χ2n) is 6.66. The third kappa shape index (κ3) is 1.78. The predicted molar refractivity (Wildman–Crippen MR) is 101 cm³/mol. The van der Waals surface area contributed by atoms with Gasteiger partial charge in [-0.05, 0) is 47.6 Å². The molecule has 4 aromatic rings. The molecule has 0 aliphatic heterocycles. The SMILES string of the molecule is Cc1ccc2c(c1)-c1cc(C)ccc1-c1nccc3cccc-2c13. The van der Waals surface area contributed by atoms with Crippen LogP contribution in [0.15, 0.2) is 66.9 Å². The second-order valence-corrected chi connectivity index (χ2v) is 6.66. The van der Waals surface area contributed by atoms with Crippen molar-refractivity contribution in [1.82, 2.24) is 4.98 Å². The second kappa shape index (κ2) is 4.78. The lowest BCUT2D eigenvalue weighted by Gasteiger charge is -2.12. The highest BCUT2D eigenvalue weighted by molar-refractivity contribution is 6.12. The molecular weight excluding hydrogens is 290 g/mol. The molecular formula is C23H17N. The van der Waals surface area contributed by atoms with Crippen molar-refractivity contribution >= 4 is 10.8 Å². The molecule has 0 spiro atoms. The van der Waals surface area contributed by atoms with Crippen molar-refractivity contribution in [1.29, 1.82) is 0 Å². The van der Waals surface area contributed by atoms with Crippen molar-refractivity contribution in [3.63, 3.8) is 0 Å². The molecule has 5 rings (SSSR count).